The number of benzene rings is 2. The third-order valence-corrected chi connectivity index (χ3v) is 10.6. The molecule has 1 atom stereocenters. The average molecular weight is 583 g/mol. The van der Waals surface area contributed by atoms with Crippen LogP contribution in [0, 0.1) is 31.4 Å². The molecule has 0 aliphatic heterocycles. The van der Waals surface area contributed by atoms with Gasteiger partial charge < -0.3 is 0 Å². The molecule has 0 heterocycles. The molecule has 2 aromatic carbocycles. The van der Waals surface area contributed by atoms with E-state index in [0.717, 1.165) is 74.9 Å². The molecule has 230 valence electrons. The predicted octanol–water partition coefficient (Wildman–Crippen LogP) is 11.8. The van der Waals surface area contributed by atoms with Crippen LogP contribution in [0.5, 0.6) is 0 Å². The van der Waals surface area contributed by atoms with Gasteiger partial charge in [-0.15, -0.1) is 0 Å². The monoisotopic (exact) mass is 582 g/mol. The second-order valence-corrected chi connectivity index (χ2v) is 14.0. The summed E-state index contributed by atoms with van der Waals surface area (Å²) in [6, 6.07) is 3.55. The maximum Gasteiger partial charge on any atom is 0.127 e. The van der Waals surface area contributed by atoms with Gasteiger partial charge in [-0.2, -0.15) is 0 Å². The number of halogens is 2. The van der Waals surface area contributed by atoms with E-state index in [1.54, 1.807) is 12.1 Å². The molecule has 0 nitrogen and oxygen atoms in total. The van der Waals surface area contributed by atoms with Crippen molar-refractivity contribution >= 4 is 0 Å². The van der Waals surface area contributed by atoms with Crippen LogP contribution in [0.15, 0.2) is 71.4 Å². The van der Waals surface area contributed by atoms with Crippen LogP contribution >= 0.6 is 0 Å². The molecule has 2 aromatic rings. The summed E-state index contributed by atoms with van der Waals surface area (Å²) in [5.74, 6) is -0.264. The summed E-state index contributed by atoms with van der Waals surface area (Å²) in [6.45, 7) is 34.3. The standard InChI is InChI=1S/C41H52F2/c1-14-16-17-30-20-33(27(9)25(7)26(30)8)41(15-2)34-21-36(42)31(18-23(3)4)28(10)38(34)40(12,13)39-29(11)32(19-24(5)6)37(43)22-35(39)41/h20-22,25H,3,5,9,14-19H2,1-2,4,6-8,10-13H3. The lowest BCUT2D eigenvalue weighted by Gasteiger charge is -2.51. The molecule has 0 saturated heterocycles. The van der Waals surface area contributed by atoms with Crippen molar-refractivity contribution < 1.29 is 8.78 Å². The zero-order valence-corrected chi connectivity index (χ0v) is 28.4. The summed E-state index contributed by atoms with van der Waals surface area (Å²) in [6.07, 6.45) is 7.19. The molecule has 43 heavy (non-hydrogen) atoms. The fraction of sp³-hybridized carbons (Fsp3) is 0.463. The van der Waals surface area contributed by atoms with Crippen LogP contribution in [0.25, 0.3) is 0 Å². The Kier molecular flexibility index (Phi) is 9.05. The molecule has 0 saturated carbocycles. The van der Waals surface area contributed by atoms with Crippen molar-refractivity contribution in [1.29, 1.82) is 0 Å². The highest BCUT2D eigenvalue weighted by atomic mass is 19.1. The van der Waals surface area contributed by atoms with Gasteiger partial charge in [-0.05, 0) is 140 Å². The molecule has 0 radical (unpaired) electrons. The third-order valence-electron chi connectivity index (χ3n) is 10.6. The SMILES string of the molecule is C=C(C)Cc1c(F)cc2c(c1C)C(C)(C)c1c(cc(F)c(CC(=C)C)c1C)C2(CC)C1=CC(CCCC)=C(C)C(C)C1=C. The highest BCUT2D eigenvalue weighted by Crippen LogP contribution is 2.60. The van der Waals surface area contributed by atoms with Crippen molar-refractivity contribution in [2.45, 2.75) is 119 Å². The van der Waals surface area contributed by atoms with Crippen molar-refractivity contribution in [3.8, 4) is 0 Å². The van der Waals surface area contributed by atoms with Gasteiger partial charge in [-0.25, -0.2) is 8.78 Å². The quantitative estimate of drug-likeness (QED) is 0.258. The van der Waals surface area contributed by atoms with Gasteiger partial charge in [0.1, 0.15) is 11.6 Å². The first-order valence-corrected chi connectivity index (χ1v) is 16.1. The average Bonchev–Trinajstić information content (AvgIpc) is 2.91. The number of fused-ring (bicyclic) bond motifs is 2. The van der Waals surface area contributed by atoms with Crippen molar-refractivity contribution in [3.05, 3.63) is 128 Å². The van der Waals surface area contributed by atoms with Crippen LogP contribution < -0.4 is 0 Å². The fourth-order valence-corrected chi connectivity index (χ4v) is 8.28. The topological polar surface area (TPSA) is 0 Å². The normalized spacial score (nSPS) is 18.7. The predicted molar refractivity (Wildman–Crippen MR) is 181 cm³/mol. The Labute approximate surface area is 260 Å². The number of hydrogen-bond acceptors (Lipinski definition) is 0. The molecule has 2 aliphatic rings. The third kappa shape index (κ3) is 5.13. The summed E-state index contributed by atoms with van der Waals surface area (Å²) < 4.78 is 32.7. The Morgan fingerprint density at radius 3 is 1.72 bits per heavy atom. The molecule has 0 N–H and O–H groups in total. The minimum Gasteiger partial charge on any atom is -0.207 e. The summed E-state index contributed by atoms with van der Waals surface area (Å²) in [4.78, 5) is 0. The van der Waals surface area contributed by atoms with Crippen LogP contribution in [0.1, 0.15) is 126 Å². The Morgan fingerprint density at radius 2 is 1.33 bits per heavy atom. The number of allylic oxidation sites excluding steroid dienone is 7. The van der Waals surface area contributed by atoms with Crippen LogP contribution in [0.2, 0.25) is 0 Å². The lowest BCUT2D eigenvalue weighted by atomic mass is 9.51. The number of rotatable bonds is 9. The molecular formula is C41H52F2. The molecule has 0 spiro atoms. The molecule has 1 unspecified atom stereocenters. The largest absolute Gasteiger partial charge is 0.207 e. The van der Waals surface area contributed by atoms with E-state index in [1.807, 2.05) is 13.8 Å². The number of unbranched alkanes of at least 4 members (excludes halogenated alkanes) is 1. The van der Waals surface area contributed by atoms with Gasteiger partial charge in [0.15, 0.2) is 0 Å². The van der Waals surface area contributed by atoms with E-state index in [0.29, 0.717) is 30.4 Å². The van der Waals surface area contributed by atoms with Crippen LogP contribution in [-0.4, -0.2) is 0 Å². The fourth-order valence-electron chi connectivity index (χ4n) is 8.28. The Bertz CT molecular complexity index is 1500. The molecule has 2 aliphatic carbocycles. The van der Waals surface area contributed by atoms with Gasteiger partial charge in [0.2, 0.25) is 0 Å². The molecule has 0 bridgehead atoms. The van der Waals surface area contributed by atoms with Gasteiger partial charge in [-0.3, -0.25) is 0 Å². The first-order valence-electron chi connectivity index (χ1n) is 16.1. The van der Waals surface area contributed by atoms with Crippen LogP contribution in [0.3, 0.4) is 0 Å². The summed E-state index contributed by atoms with van der Waals surface area (Å²) in [5.41, 5.74) is 13.0. The van der Waals surface area contributed by atoms with E-state index >= 15 is 8.78 Å². The Balaban J connectivity index is 2.25. The van der Waals surface area contributed by atoms with Gasteiger partial charge >= 0.3 is 0 Å². The van der Waals surface area contributed by atoms with E-state index < -0.39 is 10.8 Å². The summed E-state index contributed by atoms with van der Waals surface area (Å²) in [7, 11) is 0. The van der Waals surface area contributed by atoms with Crippen LogP contribution in [-0.2, 0) is 23.7 Å². The van der Waals surface area contributed by atoms with Crippen molar-refractivity contribution in [3.63, 3.8) is 0 Å². The molecule has 0 fully saturated rings. The second-order valence-electron chi connectivity index (χ2n) is 14.0. The molecule has 0 aromatic heterocycles. The lowest BCUT2D eigenvalue weighted by molar-refractivity contribution is 0.472. The minimum absolute atomic E-state index is 0.152. The highest BCUT2D eigenvalue weighted by molar-refractivity contribution is 5.72. The van der Waals surface area contributed by atoms with E-state index in [4.69, 9.17) is 0 Å². The lowest BCUT2D eigenvalue weighted by Crippen LogP contribution is -2.44. The van der Waals surface area contributed by atoms with Gasteiger partial charge in [0.05, 0.1) is 0 Å². The van der Waals surface area contributed by atoms with E-state index in [-0.39, 0.29) is 17.6 Å². The molecule has 0 amide bonds. The Hall–Kier alpha value is -3.00. The first-order chi connectivity index (χ1) is 20.1. The smallest absolute Gasteiger partial charge is 0.127 e. The second kappa shape index (κ2) is 11.8. The van der Waals surface area contributed by atoms with Crippen molar-refractivity contribution in [1.82, 2.24) is 0 Å². The Morgan fingerprint density at radius 1 is 0.860 bits per heavy atom. The van der Waals surface area contributed by atoms with Gasteiger partial charge in [0, 0.05) is 16.7 Å². The van der Waals surface area contributed by atoms with Crippen molar-refractivity contribution in [2.24, 2.45) is 5.92 Å². The summed E-state index contributed by atoms with van der Waals surface area (Å²) in [5, 5.41) is 0. The van der Waals surface area contributed by atoms with E-state index in [2.05, 4.69) is 81.2 Å². The molecule has 2 heteroatoms. The van der Waals surface area contributed by atoms with Gasteiger partial charge in [-0.1, -0.05) is 83.6 Å². The molecular weight excluding hydrogens is 530 g/mol. The van der Waals surface area contributed by atoms with Gasteiger partial charge in [0.25, 0.3) is 0 Å². The number of hydrogen-bond donors (Lipinski definition) is 0. The highest BCUT2D eigenvalue weighted by Gasteiger charge is 2.52. The minimum atomic E-state index is -0.746. The maximum atomic E-state index is 16.3. The van der Waals surface area contributed by atoms with E-state index in [1.165, 1.54) is 11.1 Å². The van der Waals surface area contributed by atoms with E-state index in [9.17, 15) is 0 Å². The van der Waals surface area contributed by atoms with Crippen molar-refractivity contribution in [2.75, 3.05) is 0 Å². The zero-order valence-electron chi connectivity index (χ0n) is 28.4. The summed E-state index contributed by atoms with van der Waals surface area (Å²) >= 11 is 0. The maximum absolute atomic E-state index is 16.3. The molecule has 4 rings (SSSR count). The van der Waals surface area contributed by atoms with Crippen LogP contribution in [0.4, 0.5) is 8.78 Å². The zero-order chi connectivity index (χ0) is 32.2. The first kappa shape index (κ1) is 32.9.